The van der Waals surface area contributed by atoms with Gasteiger partial charge in [0.15, 0.2) is 0 Å². The van der Waals surface area contributed by atoms with E-state index in [0.717, 1.165) is 31.9 Å². The molecule has 5 heteroatoms. The summed E-state index contributed by atoms with van der Waals surface area (Å²) in [5.74, 6) is 0.850. The van der Waals surface area contributed by atoms with Crippen LogP contribution in [-0.2, 0) is 0 Å². The Labute approximate surface area is 127 Å². The molecule has 0 radical (unpaired) electrons. The molecule has 1 aromatic rings. The van der Waals surface area contributed by atoms with Crippen molar-refractivity contribution in [2.45, 2.75) is 25.7 Å². The minimum absolute atomic E-state index is 0.0763. The lowest BCUT2D eigenvalue weighted by Crippen LogP contribution is -2.31. The summed E-state index contributed by atoms with van der Waals surface area (Å²) < 4.78 is 0. The topological polar surface area (TPSA) is 48.5 Å². The van der Waals surface area contributed by atoms with Crippen LogP contribution in [-0.4, -0.2) is 56.1 Å². The van der Waals surface area contributed by atoms with Crippen molar-refractivity contribution in [2.24, 2.45) is 0 Å². The standard InChI is InChI=1S/C16H26N4O/c1-19(2)11-7-10-17-16(21)14-8-6-9-15(18-14)20-12-4-3-5-13-20/h6,8-9H,3-5,7,10-13H2,1-2H3,(H,17,21). The average Bonchev–Trinajstić information content (AvgIpc) is 2.52. The second-order valence-corrected chi connectivity index (χ2v) is 5.84. The maximum atomic E-state index is 12.1. The molecule has 1 N–H and O–H groups in total. The quantitative estimate of drug-likeness (QED) is 0.811. The van der Waals surface area contributed by atoms with Gasteiger partial charge < -0.3 is 15.1 Å². The Balaban J connectivity index is 1.88. The van der Waals surface area contributed by atoms with Crippen molar-refractivity contribution in [3.8, 4) is 0 Å². The first-order chi connectivity index (χ1) is 10.2. The largest absolute Gasteiger partial charge is 0.357 e. The number of hydrogen-bond acceptors (Lipinski definition) is 4. The van der Waals surface area contributed by atoms with Crippen LogP contribution in [0.2, 0.25) is 0 Å². The molecule has 116 valence electrons. The molecule has 0 atom stereocenters. The molecule has 1 fully saturated rings. The Bertz CT molecular complexity index is 455. The molecule has 0 unspecified atom stereocenters. The number of piperidine rings is 1. The second kappa shape index (κ2) is 7.98. The number of nitrogens with one attached hydrogen (secondary N) is 1. The van der Waals surface area contributed by atoms with Crippen LogP contribution < -0.4 is 10.2 Å². The third-order valence-electron chi connectivity index (χ3n) is 3.71. The molecule has 1 aliphatic rings. The Hall–Kier alpha value is -1.62. The highest BCUT2D eigenvalue weighted by molar-refractivity contribution is 5.92. The minimum atomic E-state index is -0.0763. The van der Waals surface area contributed by atoms with Crippen LogP contribution in [0.3, 0.4) is 0 Å². The van der Waals surface area contributed by atoms with Crippen molar-refractivity contribution in [3.63, 3.8) is 0 Å². The second-order valence-electron chi connectivity index (χ2n) is 5.84. The van der Waals surface area contributed by atoms with E-state index in [1.807, 2.05) is 26.2 Å². The molecule has 1 aliphatic heterocycles. The van der Waals surface area contributed by atoms with E-state index in [4.69, 9.17) is 0 Å². The summed E-state index contributed by atoms with van der Waals surface area (Å²) in [6.07, 6.45) is 4.67. The van der Waals surface area contributed by atoms with Crippen molar-refractivity contribution >= 4 is 11.7 Å². The van der Waals surface area contributed by atoms with Crippen LogP contribution in [0.4, 0.5) is 5.82 Å². The van der Waals surface area contributed by atoms with Gasteiger partial charge in [-0.25, -0.2) is 4.98 Å². The molecule has 5 nitrogen and oxygen atoms in total. The fourth-order valence-corrected chi connectivity index (χ4v) is 2.54. The summed E-state index contributed by atoms with van der Waals surface area (Å²) in [5, 5.41) is 2.94. The zero-order chi connectivity index (χ0) is 15.1. The summed E-state index contributed by atoms with van der Waals surface area (Å²) in [6.45, 7) is 3.75. The van der Waals surface area contributed by atoms with Gasteiger partial charge >= 0.3 is 0 Å². The number of nitrogens with zero attached hydrogens (tertiary/aromatic N) is 3. The van der Waals surface area contributed by atoms with E-state index in [1.165, 1.54) is 19.3 Å². The van der Waals surface area contributed by atoms with Gasteiger partial charge in [0.2, 0.25) is 0 Å². The van der Waals surface area contributed by atoms with Gasteiger partial charge in [-0.05, 0) is 58.5 Å². The summed E-state index contributed by atoms with van der Waals surface area (Å²) in [5.41, 5.74) is 0.517. The zero-order valence-electron chi connectivity index (χ0n) is 13.1. The van der Waals surface area contributed by atoms with Crippen LogP contribution in [0.15, 0.2) is 18.2 Å². The van der Waals surface area contributed by atoms with Gasteiger partial charge in [0.05, 0.1) is 0 Å². The average molecular weight is 290 g/mol. The molecule has 1 saturated heterocycles. The highest BCUT2D eigenvalue weighted by atomic mass is 16.1. The maximum Gasteiger partial charge on any atom is 0.269 e. The highest BCUT2D eigenvalue weighted by Crippen LogP contribution is 2.17. The van der Waals surface area contributed by atoms with Crippen molar-refractivity contribution in [1.29, 1.82) is 0 Å². The van der Waals surface area contributed by atoms with Gasteiger partial charge in [0.25, 0.3) is 5.91 Å². The van der Waals surface area contributed by atoms with E-state index < -0.39 is 0 Å². The number of pyridine rings is 1. The highest BCUT2D eigenvalue weighted by Gasteiger charge is 2.14. The molecule has 0 spiro atoms. The van der Waals surface area contributed by atoms with E-state index in [9.17, 15) is 4.79 Å². The number of hydrogen-bond donors (Lipinski definition) is 1. The van der Waals surface area contributed by atoms with E-state index in [1.54, 1.807) is 6.07 Å². The molecule has 0 saturated carbocycles. The van der Waals surface area contributed by atoms with Crippen LogP contribution in [0.5, 0.6) is 0 Å². The molecule has 0 aliphatic carbocycles. The van der Waals surface area contributed by atoms with E-state index in [2.05, 4.69) is 20.1 Å². The smallest absolute Gasteiger partial charge is 0.269 e. The number of carbonyl (C=O) groups is 1. The summed E-state index contributed by atoms with van der Waals surface area (Å²) in [7, 11) is 4.07. The third kappa shape index (κ3) is 5.01. The lowest BCUT2D eigenvalue weighted by atomic mass is 10.1. The Morgan fingerprint density at radius 3 is 2.76 bits per heavy atom. The number of aromatic nitrogens is 1. The molecule has 21 heavy (non-hydrogen) atoms. The van der Waals surface area contributed by atoms with Crippen LogP contribution in [0, 0.1) is 0 Å². The van der Waals surface area contributed by atoms with Crippen LogP contribution >= 0.6 is 0 Å². The number of amides is 1. The first-order valence-electron chi connectivity index (χ1n) is 7.82. The first kappa shape index (κ1) is 15.8. The van der Waals surface area contributed by atoms with Crippen molar-refractivity contribution in [2.75, 3.05) is 45.2 Å². The third-order valence-corrected chi connectivity index (χ3v) is 3.71. The molecular weight excluding hydrogens is 264 g/mol. The Morgan fingerprint density at radius 1 is 1.29 bits per heavy atom. The SMILES string of the molecule is CN(C)CCCNC(=O)c1cccc(N2CCCCC2)n1. The van der Waals surface area contributed by atoms with E-state index in [-0.39, 0.29) is 5.91 Å². The number of rotatable bonds is 6. The zero-order valence-corrected chi connectivity index (χ0v) is 13.1. The maximum absolute atomic E-state index is 12.1. The Morgan fingerprint density at radius 2 is 2.05 bits per heavy atom. The van der Waals surface area contributed by atoms with Gasteiger partial charge in [-0.2, -0.15) is 0 Å². The number of carbonyl (C=O) groups excluding carboxylic acids is 1. The van der Waals surface area contributed by atoms with Crippen LogP contribution in [0.25, 0.3) is 0 Å². The minimum Gasteiger partial charge on any atom is -0.357 e. The van der Waals surface area contributed by atoms with Gasteiger partial charge in [0.1, 0.15) is 11.5 Å². The molecule has 1 amide bonds. The summed E-state index contributed by atoms with van der Waals surface area (Å²) in [4.78, 5) is 21.0. The monoisotopic (exact) mass is 290 g/mol. The van der Waals surface area contributed by atoms with Crippen LogP contribution in [0.1, 0.15) is 36.2 Å². The lowest BCUT2D eigenvalue weighted by molar-refractivity contribution is 0.0947. The van der Waals surface area contributed by atoms with Gasteiger partial charge in [0, 0.05) is 19.6 Å². The predicted octanol–water partition coefficient (Wildman–Crippen LogP) is 1.75. The van der Waals surface area contributed by atoms with Gasteiger partial charge in [-0.3, -0.25) is 4.79 Å². The van der Waals surface area contributed by atoms with Gasteiger partial charge in [-0.1, -0.05) is 6.07 Å². The molecule has 0 aromatic carbocycles. The van der Waals surface area contributed by atoms with E-state index in [0.29, 0.717) is 12.2 Å². The fraction of sp³-hybridized carbons (Fsp3) is 0.625. The lowest BCUT2D eigenvalue weighted by Gasteiger charge is -2.27. The predicted molar refractivity (Wildman–Crippen MR) is 85.8 cm³/mol. The normalized spacial score (nSPS) is 15.3. The molecule has 0 bridgehead atoms. The van der Waals surface area contributed by atoms with E-state index >= 15 is 0 Å². The summed E-state index contributed by atoms with van der Waals surface area (Å²) in [6, 6.07) is 5.70. The number of anilines is 1. The molecule has 2 heterocycles. The van der Waals surface area contributed by atoms with Crippen molar-refractivity contribution in [3.05, 3.63) is 23.9 Å². The molecule has 2 rings (SSSR count). The van der Waals surface area contributed by atoms with Crippen molar-refractivity contribution in [1.82, 2.24) is 15.2 Å². The van der Waals surface area contributed by atoms with Crippen molar-refractivity contribution < 1.29 is 4.79 Å². The summed E-state index contributed by atoms with van der Waals surface area (Å²) >= 11 is 0. The fourth-order valence-electron chi connectivity index (χ4n) is 2.54. The Kier molecular flexibility index (Phi) is 5.99. The molecular formula is C16H26N4O. The van der Waals surface area contributed by atoms with Gasteiger partial charge in [-0.15, -0.1) is 0 Å². The first-order valence-corrected chi connectivity index (χ1v) is 7.82. The molecule has 1 aromatic heterocycles.